The Kier molecular flexibility index (Phi) is 5.44. The van der Waals surface area contributed by atoms with Gasteiger partial charge < -0.3 is 4.74 Å². The lowest BCUT2D eigenvalue weighted by molar-refractivity contribution is -0.150. The SMILES string of the molecule is CCOC(=O)[C@@H]1CCCN(Cn2nc3c(Cl)cc(Cl)cn3c2=S)C1. The van der Waals surface area contributed by atoms with Crippen LogP contribution >= 0.6 is 35.4 Å². The topological polar surface area (TPSA) is 51.8 Å². The number of rotatable bonds is 4. The van der Waals surface area contributed by atoms with E-state index in [9.17, 15) is 4.79 Å². The Morgan fingerprint density at radius 2 is 2.29 bits per heavy atom. The van der Waals surface area contributed by atoms with Gasteiger partial charge in [-0.15, -0.1) is 5.10 Å². The van der Waals surface area contributed by atoms with Crippen molar-refractivity contribution in [1.29, 1.82) is 0 Å². The maximum Gasteiger partial charge on any atom is 0.310 e. The van der Waals surface area contributed by atoms with Gasteiger partial charge in [-0.3, -0.25) is 14.1 Å². The quantitative estimate of drug-likeness (QED) is 0.593. The number of ether oxygens (including phenoxy) is 1. The van der Waals surface area contributed by atoms with Gasteiger partial charge in [-0.1, -0.05) is 23.2 Å². The summed E-state index contributed by atoms with van der Waals surface area (Å²) in [6.45, 7) is 4.27. The molecule has 130 valence electrons. The van der Waals surface area contributed by atoms with E-state index in [1.807, 2.05) is 6.92 Å². The Balaban J connectivity index is 1.80. The lowest BCUT2D eigenvalue weighted by Gasteiger charge is -2.31. The molecule has 6 nitrogen and oxygen atoms in total. The van der Waals surface area contributed by atoms with Gasteiger partial charge in [-0.2, -0.15) is 0 Å². The molecule has 1 aliphatic rings. The first kappa shape index (κ1) is 17.7. The maximum atomic E-state index is 12.0. The minimum atomic E-state index is -0.129. The minimum absolute atomic E-state index is 0.0945. The third-order valence-corrected chi connectivity index (χ3v) is 4.95. The lowest BCUT2D eigenvalue weighted by atomic mass is 9.99. The van der Waals surface area contributed by atoms with Crippen LogP contribution in [0, 0.1) is 10.7 Å². The van der Waals surface area contributed by atoms with Gasteiger partial charge in [0.2, 0.25) is 4.77 Å². The van der Waals surface area contributed by atoms with Crippen LogP contribution < -0.4 is 0 Å². The highest BCUT2D eigenvalue weighted by atomic mass is 35.5. The summed E-state index contributed by atoms with van der Waals surface area (Å²) in [6, 6.07) is 1.64. The number of pyridine rings is 1. The van der Waals surface area contributed by atoms with E-state index in [1.54, 1.807) is 21.3 Å². The molecule has 0 radical (unpaired) electrons. The van der Waals surface area contributed by atoms with Crippen LogP contribution in [0.2, 0.25) is 10.0 Å². The molecule has 3 rings (SSSR count). The van der Waals surface area contributed by atoms with Gasteiger partial charge in [0, 0.05) is 12.7 Å². The number of nitrogens with zero attached hydrogens (tertiary/aromatic N) is 4. The largest absolute Gasteiger partial charge is 0.466 e. The second-order valence-corrected chi connectivity index (χ2v) is 7.00. The van der Waals surface area contributed by atoms with E-state index in [0.717, 1.165) is 19.4 Å². The number of aromatic nitrogens is 3. The van der Waals surface area contributed by atoms with Gasteiger partial charge in [-0.25, -0.2) is 4.68 Å². The van der Waals surface area contributed by atoms with Crippen molar-refractivity contribution >= 4 is 47.0 Å². The molecule has 2 aromatic heterocycles. The van der Waals surface area contributed by atoms with Crippen molar-refractivity contribution < 1.29 is 9.53 Å². The van der Waals surface area contributed by atoms with Crippen molar-refractivity contribution in [3.8, 4) is 0 Å². The van der Waals surface area contributed by atoms with E-state index in [2.05, 4.69) is 10.00 Å². The van der Waals surface area contributed by atoms with Gasteiger partial charge >= 0.3 is 5.97 Å². The number of hydrogen-bond donors (Lipinski definition) is 0. The molecule has 3 heterocycles. The van der Waals surface area contributed by atoms with Crippen LogP contribution in [-0.4, -0.2) is 44.7 Å². The van der Waals surface area contributed by atoms with Gasteiger partial charge in [0.25, 0.3) is 0 Å². The average molecular weight is 389 g/mol. The molecule has 0 aromatic carbocycles. The zero-order valence-corrected chi connectivity index (χ0v) is 15.6. The zero-order valence-electron chi connectivity index (χ0n) is 13.2. The van der Waals surface area contributed by atoms with Crippen molar-refractivity contribution in [3.05, 3.63) is 27.1 Å². The van der Waals surface area contributed by atoms with Crippen LogP contribution in [0.25, 0.3) is 5.65 Å². The molecular weight excluding hydrogens is 371 g/mol. The van der Waals surface area contributed by atoms with Gasteiger partial charge in [0.1, 0.15) is 0 Å². The van der Waals surface area contributed by atoms with Crippen molar-refractivity contribution in [1.82, 2.24) is 19.1 Å². The van der Waals surface area contributed by atoms with Crippen LogP contribution in [0.4, 0.5) is 0 Å². The molecule has 0 N–H and O–H groups in total. The minimum Gasteiger partial charge on any atom is -0.466 e. The lowest BCUT2D eigenvalue weighted by Crippen LogP contribution is -2.40. The fraction of sp³-hybridized carbons (Fsp3) is 0.533. The van der Waals surface area contributed by atoms with Crippen molar-refractivity contribution in [2.45, 2.75) is 26.4 Å². The Labute approximate surface area is 154 Å². The second kappa shape index (κ2) is 7.39. The molecule has 2 aromatic rings. The predicted octanol–water partition coefficient (Wildman–Crippen LogP) is 3.40. The number of carbonyl (C=O) groups excluding carboxylic acids is 1. The van der Waals surface area contributed by atoms with E-state index in [0.29, 0.717) is 40.3 Å². The maximum absolute atomic E-state index is 12.0. The summed E-state index contributed by atoms with van der Waals surface area (Å²) >= 11 is 17.7. The van der Waals surface area contributed by atoms with Gasteiger partial charge in [-0.05, 0) is 44.6 Å². The summed E-state index contributed by atoms with van der Waals surface area (Å²) in [4.78, 5) is 14.1. The molecular formula is C15H18Cl2N4O2S. The highest BCUT2D eigenvalue weighted by Gasteiger charge is 2.27. The number of carbonyl (C=O) groups is 1. The second-order valence-electron chi connectivity index (χ2n) is 5.79. The summed E-state index contributed by atoms with van der Waals surface area (Å²) in [6.07, 6.45) is 3.50. The summed E-state index contributed by atoms with van der Waals surface area (Å²) in [7, 11) is 0. The number of piperidine rings is 1. The molecule has 0 bridgehead atoms. The molecule has 0 amide bonds. The van der Waals surface area contributed by atoms with Crippen LogP contribution in [0.15, 0.2) is 12.3 Å². The fourth-order valence-electron chi connectivity index (χ4n) is 2.96. The molecule has 0 unspecified atom stereocenters. The Hall–Kier alpha value is -1.15. The molecule has 24 heavy (non-hydrogen) atoms. The summed E-state index contributed by atoms with van der Waals surface area (Å²) in [5.41, 5.74) is 0.574. The molecule has 0 aliphatic carbocycles. The van der Waals surface area contributed by atoms with E-state index < -0.39 is 0 Å². The van der Waals surface area contributed by atoms with Gasteiger partial charge in [0.05, 0.1) is 29.2 Å². The van der Waals surface area contributed by atoms with E-state index in [1.165, 1.54) is 0 Å². The standard InChI is InChI=1S/C15H18Cl2N4O2S/c1-2-23-14(22)10-4-3-5-19(7-10)9-21-15(24)20-8-11(16)6-12(17)13(20)18-21/h6,8,10H,2-5,7,9H2,1H3/t10-/m1/s1. The van der Waals surface area contributed by atoms with Crippen molar-refractivity contribution in [3.63, 3.8) is 0 Å². The van der Waals surface area contributed by atoms with Crippen LogP contribution in [0.3, 0.4) is 0 Å². The number of likely N-dealkylation sites (tertiary alicyclic amines) is 1. The van der Waals surface area contributed by atoms with E-state index >= 15 is 0 Å². The summed E-state index contributed by atoms with van der Waals surface area (Å²) < 4.78 is 9.07. The molecule has 1 aliphatic heterocycles. The Bertz CT molecular complexity index is 820. The Morgan fingerprint density at radius 1 is 1.50 bits per heavy atom. The van der Waals surface area contributed by atoms with E-state index in [-0.39, 0.29) is 11.9 Å². The first-order valence-electron chi connectivity index (χ1n) is 7.82. The number of halogens is 2. The molecule has 1 saturated heterocycles. The normalized spacial score (nSPS) is 18.9. The third-order valence-electron chi connectivity index (χ3n) is 4.06. The first-order chi connectivity index (χ1) is 11.5. The van der Waals surface area contributed by atoms with Crippen LogP contribution in [0.5, 0.6) is 0 Å². The highest BCUT2D eigenvalue weighted by molar-refractivity contribution is 7.71. The first-order valence-corrected chi connectivity index (χ1v) is 8.99. The molecule has 1 atom stereocenters. The molecule has 0 spiro atoms. The number of esters is 1. The van der Waals surface area contributed by atoms with Crippen molar-refractivity contribution in [2.75, 3.05) is 19.7 Å². The molecule has 9 heteroatoms. The summed E-state index contributed by atoms with van der Waals surface area (Å²) in [5.74, 6) is -0.224. The van der Waals surface area contributed by atoms with E-state index in [4.69, 9.17) is 40.2 Å². The fourth-order valence-corrected chi connectivity index (χ4v) is 3.71. The Morgan fingerprint density at radius 3 is 3.04 bits per heavy atom. The molecule has 1 fully saturated rings. The smallest absolute Gasteiger partial charge is 0.310 e. The highest BCUT2D eigenvalue weighted by Crippen LogP contribution is 2.22. The van der Waals surface area contributed by atoms with Crippen LogP contribution in [0.1, 0.15) is 19.8 Å². The number of hydrogen-bond acceptors (Lipinski definition) is 5. The predicted molar refractivity (Wildman–Crippen MR) is 95.0 cm³/mol. The zero-order chi connectivity index (χ0) is 17.3. The van der Waals surface area contributed by atoms with Crippen molar-refractivity contribution in [2.24, 2.45) is 5.92 Å². The molecule has 0 saturated carbocycles. The average Bonchev–Trinajstić information content (AvgIpc) is 2.85. The van der Waals surface area contributed by atoms with Crippen LogP contribution in [-0.2, 0) is 16.2 Å². The summed E-state index contributed by atoms with van der Waals surface area (Å²) in [5, 5.41) is 5.44. The van der Waals surface area contributed by atoms with Gasteiger partial charge in [0.15, 0.2) is 5.65 Å². The monoisotopic (exact) mass is 388 g/mol. The number of fused-ring (bicyclic) bond motifs is 1. The third kappa shape index (κ3) is 3.59.